The molecule has 0 bridgehead atoms. The molecule has 0 aliphatic carbocycles. The van der Waals surface area contributed by atoms with Gasteiger partial charge in [-0.3, -0.25) is 4.79 Å². The molecule has 0 aliphatic heterocycles. The molecule has 0 aliphatic rings. The summed E-state index contributed by atoms with van der Waals surface area (Å²) in [6.45, 7) is 4.46. The van der Waals surface area contributed by atoms with E-state index in [1.165, 1.54) is 0 Å². The first-order chi connectivity index (χ1) is 8.04. The minimum atomic E-state index is -0.0272. The second kappa shape index (κ2) is 6.89. The van der Waals surface area contributed by atoms with Crippen molar-refractivity contribution in [3.8, 4) is 0 Å². The van der Waals surface area contributed by atoms with Crippen LogP contribution in [-0.4, -0.2) is 23.5 Å². The van der Waals surface area contributed by atoms with Crippen LogP contribution in [-0.2, 0) is 4.79 Å². The molecule has 0 radical (unpaired) electrons. The molecule has 1 amide bonds. The second-order valence-electron chi connectivity index (χ2n) is 3.82. The van der Waals surface area contributed by atoms with E-state index in [0.29, 0.717) is 22.6 Å². The van der Waals surface area contributed by atoms with E-state index >= 15 is 0 Å². The van der Waals surface area contributed by atoms with Gasteiger partial charge in [-0.2, -0.15) is 0 Å². The molecule has 0 heterocycles. The lowest BCUT2D eigenvalue weighted by molar-refractivity contribution is -0.113. The zero-order chi connectivity index (χ0) is 12.8. The molecule has 1 aromatic rings. The molecule has 0 aromatic heterocycles. The maximum atomic E-state index is 11.7. The average Bonchev–Trinajstić information content (AvgIpc) is 2.32. The van der Waals surface area contributed by atoms with Crippen molar-refractivity contribution in [3.63, 3.8) is 0 Å². The summed E-state index contributed by atoms with van der Waals surface area (Å²) in [7, 11) is 0. The number of nitrogens with one attached hydrogen (secondary N) is 1. The Morgan fingerprint density at radius 1 is 1.59 bits per heavy atom. The monoisotopic (exact) mass is 272 g/mol. The van der Waals surface area contributed by atoms with Crippen LogP contribution in [0.25, 0.3) is 0 Å². The minimum absolute atomic E-state index is 0.0272. The van der Waals surface area contributed by atoms with Crippen LogP contribution < -0.4 is 11.1 Å². The Morgan fingerprint density at radius 3 is 2.94 bits per heavy atom. The number of thioether (sulfide) groups is 1. The van der Waals surface area contributed by atoms with Gasteiger partial charge < -0.3 is 11.1 Å². The van der Waals surface area contributed by atoms with Crippen molar-refractivity contribution in [2.75, 3.05) is 17.6 Å². The largest absolute Gasteiger partial charge is 0.329 e. The number of hydrogen-bond donors (Lipinski definition) is 2. The van der Waals surface area contributed by atoms with Gasteiger partial charge in [-0.1, -0.05) is 24.6 Å². The molecule has 0 fully saturated rings. The fourth-order valence-corrected chi connectivity index (χ4v) is 2.03. The summed E-state index contributed by atoms with van der Waals surface area (Å²) in [6, 6.07) is 5.47. The normalized spacial score (nSPS) is 12.2. The highest BCUT2D eigenvalue weighted by Crippen LogP contribution is 2.23. The molecule has 94 valence electrons. The lowest BCUT2D eigenvalue weighted by Gasteiger charge is -2.11. The van der Waals surface area contributed by atoms with Gasteiger partial charge in [0.25, 0.3) is 0 Å². The number of rotatable bonds is 5. The molecule has 3 nitrogen and oxygen atoms in total. The van der Waals surface area contributed by atoms with Gasteiger partial charge in [0.05, 0.1) is 5.75 Å². The minimum Gasteiger partial charge on any atom is -0.329 e. The summed E-state index contributed by atoms with van der Waals surface area (Å²) in [5.41, 5.74) is 7.14. The number of amides is 1. The van der Waals surface area contributed by atoms with Crippen LogP contribution in [0.1, 0.15) is 12.5 Å². The molecule has 5 heteroatoms. The van der Waals surface area contributed by atoms with Crippen molar-refractivity contribution in [3.05, 3.63) is 28.8 Å². The number of hydrogen-bond acceptors (Lipinski definition) is 3. The maximum Gasteiger partial charge on any atom is 0.234 e. The predicted molar refractivity (Wildman–Crippen MR) is 75.8 cm³/mol. The van der Waals surface area contributed by atoms with Crippen LogP contribution in [0.5, 0.6) is 0 Å². The molecule has 0 spiro atoms. The highest BCUT2D eigenvalue weighted by atomic mass is 35.5. The quantitative estimate of drug-likeness (QED) is 0.866. The topological polar surface area (TPSA) is 55.1 Å². The summed E-state index contributed by atoms with van der Waals surface area (Å²) in [5, 5.41) is 3.80. The van der Waals surface area contributed by atoms with Crippen molar-refractivity contribution in [2.45, 2.75) is 19.1 Å². The molecule has 1 unspecified atom stereocenters. The fraction of sp³-hybridized carbons (Fsp3) is 0.417. The van der Waals surface area contributed by atoms with Gasteiger partial charge in [0.1, 0.15) is 0 Å². The van der Waals surface area contributed by atoms with Crippen LogP contribution in [0, 0.1) is 6.92 Å². The first-order valence-electron chi connectivity index (χ1n) is 5.41. The molecular weight excluding hydrogens is 256 g/mol. The van der Waals surface area contributed by atoms with E-state index in [2.05, 4.69) is 5.32 Å². The molecule has 1 atom stereocenters. The van der Waals surface area contributed by atoms with E-state index in [4.69, 9.17) is 17.3 Å². The standard InChI is InChI=1S/C12H17ClN2OS/c1-8(6-14)17-7-12(16)15-11-5-3-4-10(13)9(11)2/h3-5,8H,6-7,14H2,1-2H3,(H,15,16). The number of benzene rings is 1. The number of carbonyl (C=O) groups is 1. The lowest BCUT2D eigenvalue weighted by atomic mass is 10.2. The van der Waals surface area contributed by atoms with Crippen LogP contribution in [0.4, 0.5) is 5.69 Å². The van der Waals surface area contributed by atoms with Crippen molar-refractivity contribution in [1.82, 2.24) is 0 Å². The van der Waals surface area contributed by atoms with Crippen molar-refractivity contribution in [1.29, 1.82) is 0 Å². The summed E-state index contributed by atoms with van der Waals surface area (Å²) in [5.74, 6) is 0.380. The molecule has 0 saturated heterocycles. The number of carbonyl (C=O) groups excluding carboxylic acids is 1. The van der Waals surface area contributed by atoms with Gasteiger partial charge in [-0.25, -0.2) is 0 Å². The van der Waals surface area contributed by atoms with Gasteiger partial charge in [0.15, 0.2) is 0 Å². The highest BCUT2D eigenvalue weighted by Gasteiger charge is 2.08. The molecule has 0 saturated carbocycles. The van der Waals surface area contributed by atoms with E-state index in [1.54, 1.807) is 17.8 Å². The molecule has 17 heavy (non-hydrogen) atoms. The third-order valence-corrected chi connectivity index (χ3v) is 3.97. The molecule has 3 N–H and O–H groups in total. The van der Waals surface area contributed by atoms with Crippen LogP contribution in [0.2, 0.25) is 5.02 Å². The highest BCUT2D eigenvalue weighted by molar-refractivity contribution is 8.00. The Bertz CT molecular complexity index is 398. The Labute approximate surface area is 111 Å². The van der Waals surface area contributed by atoms with E-state index in [9.17, 15) is 4.79 Å². The van der Waals surface area contributed by atoms with Gasteiger partial charge in [-0.05, 0) is 24.6 Å². The second-order valence-corrected chi connectivity index (χ2v) is 5.65. The van der Waals surface area contributed by atoms with E-state index < -0.39 is 0 Å². The van der Waals surface area contributed by atoms with Gasteiger partial charge in [0.2, 0.25) is 5.91 Å². The van der Waals surface area contributed by atoms with Crippen LogP contribution in [0.3, 0.4) is 0 Å². The third kappa shape index (κ3) is 4.58. The maximum absolute atomic E-state index is 11.7. The fourth-order valence-electron chi connectivity index (χ4n) is 1.22. The van der Waals surface area contributed by atoms with E-state index in [-0.39, 0.29) is 5.91 Å². The van der Waals surface area contributed by atoms with E-state index in [0.717, 1.165) is 11.3 Å². The molecule has 1 rings (SSSR count). The summed E-state index contributed by atoms with van der Waals surface area (Å²) >= 11 is 7.52. The van der Waals surface area contributed by atoms with Crippen molar-refractivity contribution >= 4 is 35.0 Å². The SMILES string of the molecule is Cc1c(Cl)cccc1NC(=O)CSC(C)CN. The van der Waals surface area contributed by atoms with Crippen LogP contribution >= 0.6 is 23.4 Å². The molecular formula is C12H17ClN2OS. The average molecular weight is 273 g/mol. The Kier molecular flexibility index (Phi) is 5.82. The lowest BCUT2D eigenvalue weighted by Crippen LogP contribution is -2.19. The number of nitrogens with two attached hydrogens (primary N) is 1. The zero-order valence-corrected chi connectivity index (χ0v) is 11.6. The number of anilines is 1. The smallest absolute Gasteiger partial charge is 0.234 e. The van der Waals surface area contributed by atoms with Gasteiger partial charge >= 0.3 is 0 Å². The van der Waals surface area contributed by atoms with E-state index in [1.807, 2.05) is 26.0 Å². The van der Waals surface area contributed by atoms with Crippen molar-refractivity contribution in [2.24, 2.45) is 5.73 Å². The summed E-state index contributed by atoms with van der Waals surface area (Å²) in [4.78, 5) is 11.7. The third-order valence-electron chi connectivity index (χ3n) is 2.37. The first kappa shape index (κ1) is 14.4. The zero-order valence-electron chi connectivity index (χ0n) is 10.00. The Hall–Kier alpha value is -0.710. The Morgan fingerprint density at radius 2 is 2.29 bits per heavy atom. The van der Waals surface area contributed by atoms with Crippen LogP contribution in [0.15, 0.2) is 18.2 Å². The Balaban J connectivity index is 2.54. The first-order valence-corrected chi connectivity index (χ1v) is 6.84. The number of halogens is 1. The van der Waals surface area contributed by atoms with Gasteiger partial charge in [0, 0.05) is 22.5 Å². The summed E-state index contributed by atoms with van der Waals surface area (Å²) in [6.07, 6.45) is 0. The van der Waals surface area contributed by atoms with Crippen molar-refractivity contribution < 1.29 is 4.79 Å². The predicted octanol–water partition coefficient (Wildman–Crippen LogP) is 2.67. The summed E-state index contributed by atoms with van der Waals surface area (Å²) < 4.78 is 0. The van der Waals surface area contributed by atoms with Gasteiger partial charge in [-0.15, -0.1) is 11.8 Å². The molecule has 1 aromatic carbocycles.